The summed E-state index contributed by atoms with van der Waals surface area (Å²) in [6.07, 6.45) is 1.47. The summed E-state index contributed by atoms with van der Waals surface area (Å²) >= 11 is 5.77. The van der Waals surface area contributed by atoms with Gasteiger partial charge in [0.2, 0.25) is 0 Å². The fourth-order valence-corrected chi connectivity index (χ4v) is 1.91. The Kier molecular flexibility index (Phi) is 3.69. The van der Waals surface area contributed by atoms with E-state index in [1.54, 1.807) is 12.1 Å². The Balaban J connectivity index is 1.88. The minimum atomic E-state index is -0.690. The summed E-state index contributed by atoms with van der Waals surface area (Å²) in [5.41, 5.74) is -0.690. The third-order valence-electron chi connectivity index (χ3n) is 2.86. The van der Waals surface area contributed by atoms with Crippen LogP contribution in [0.3, 0.4) is 0 Å². The molecule has 1 aromatic carbocycles. The number of benzene rings is 1. The minimum absolute atomic E-state index is 0.344. The second-order valence-electron chi connectivity index (χ2n) is 4.22. The lowest BCUT2D eigenvalue weighted by Gasteiger charge is -2.32. The van der Waals surface area contributed by atoms with Gasteiger partial charge in [0, 0.05) is 5.02 Å². The second-order valence-corrected chi connectivity index (χ2v) is 4.65. The molecule has 1 aromatic rings. The Morgan fingerprint density at radius 1 is 1.25 bits per heavy atom. The Bertz CT molecular complexity index is 333. The van der Waals surface area contributed by atoms with Gasteiger partial charge in [0.15, 0.2) is 0 Å². The summed E-state index contributed by atoms with van der Waals surface area (Å²) in [6.45, 7) is 2.04. The largest absolute Gasteiger partial charge is 0.491 e. The van der Waals surface area contributed by atoms with E-state index in [0.29, 0.717) is 11.6 Å². The second kappa shape index (κ2) is 5.04. The van der Waals surface area contributed by atoms with Crippen molar-refractivity contribution in [2.45, 2.75) is 18.4 Å². The van der Waals surface area contributed by atoms with Gasteiger partial charge in [-0.15, -0.1) is 0 Å². The predicted octanol–water partition coefficient (Wildman–Crippen LogP) is 1.83. The molecule has 88 valence electrons. The van der Waals surface area contributed by atoms with Crippen LogP contribution in [0.1, 0.15) is 12.8 Å². The fourth-order valence-electron chi connectivity index (χ4n) is 1.78. The van der Waals surface area contributed by atoms with Crippen molar-refractivity contribution in [2.75, 3.05) is 19.7 Å². The summed E-state index contributed by atoms with van der Waals surface area (Å²) in [5, 5.41) is 14.1. The summed E-state index contributed by atoms with van der Waals surface area (Å²) in [6, 6.07) is 7.19. The molecule has 1 saturated heterocycles. The first-order valence-electron chi connectivity index (χ1n) is 5.49. The van der Waals surface area contributed by atoms with Crippen molar-refractivity contribution in [1.82, 2.24) is 5.32 Å². The topological polar surface area (TPSA) is 41.5 Å². The average Bonchev–Trinajstić information content (AvgIpc) is 2.29. The monoisotopic (exact) mass is 241 g/mol. The van der Waals surface area contributed by atoms with Crippen LogP contribution in [0.2, 0.25) is 5.02 Å². The lowest BCUT2D eigenvalue weighted by atomic mass is 9.94. The molecule has 1 aliphatic rings. The van der Waals surface area contributed by atoms with Crippen LogP contribution < -0.4 is 10.1 Å². The molecule has 2 N–H and O–H groups in total. The number of hydrogen-bond acceptors (Lipinski definition) is 3. The molecule has 0 radical (unpaired) electrons. The van der Waals surface area contributed by atoms with E-state index in [2.05, 4.69) is 5.32 Å². The van der Waals surface area contributed by atoms with Gasteiger partial charge in [0.25, 0.3) is 0 Å². The van der Waals surface area contributed by atoms with E-state index < -0.39 is 5.60 Å². The zero-order valence-electron chi connectivity index (χ0n) is 9.08. The van der Waals surface area contributed by atoms with E-state index in [4.69, 9.17) is 16.3 Å². The molecule has 0 amide bonds. The SMILES string of the molecule is OC1(COc2ccc(Cl)cc2)CCNCC1. The van der Waals surface area contributed by atoms with Crippen LogP contribution in [0, 0.1) is 0 Å². The van der Waals surface area contributed by atoms with Crippen molar-refractivity contribution < 1.29 is 9.84 Å². The predicted molar refractivity (Wildman–Crippen MR) is 64.0 cm³/mol. The molecule has 0 bridgehead atoms. The highest BCUT2D eigenvalue weighted by molar-refractivity contribution is 6.30. The average molecular weight is 242 g/mol. The number of aliphatic hydroxyl groups is 1. The maximum Gasteiger partial charge on any atom is 0.119 e. The molecule has 3 nitrogen and oxygen atoms in total. The van der Waals surface area contributed by atoms with Crippen molar-refractivity contribution in [2.24, 2.45) is 0 Å². The molecule has 16 heavy (non-hydrogen) atoms. The smallest absolute Gasteiger partial charge is 0.119 e. The molecule has 0 aromatic heterocycles. The summed E-state index contributed by atoms with van der Waals surface area (Å²) < 4.78 is 5.57. The van der Waals surface area contributed by atoms with E-state index in [1.165, 1.54) is 0 Å². The third-order valence-corrected chi connectivity index (χ3v) is 3.11. The number of piperidine rings is 1. The van der Waals surface area contributed by atoms with Crippen molar-refractivity contribution in [1.29, 1.82) is 0 Å². The molecule has 1 heterocycles. The quantitative estimate of drug-likeness (QED) is 0.849. The van der Waals surface area contributed by atoms with Crippen molar-refractivity contribution >= 4 is 11.6 Å². The molecule has 1 fully saturated rings. The first-order valence-corrected chi connectivity index (χ1v) is 5.87. The molecule has 0 saturated carbocycles. The van der Waals surface area contributed by atoms with E-state index in [0.717, 1.165) is 31.7 Å². The summed E-state index contributed by atoms with van der Waals surface area (Å²) in [5.74, 6) is 0.747. The van der Waals surface area contributed by atoms with Crippen molar-refractivity contribution in [3.05, 3.63) is 29.3 Å². The first kappa shape index (κ1) is 11.7. The standard InChI is InChI=1S/C12H16ClNO2/c13-10-1-3-11(4-2-10)16-9-12(15)5-7-14-8-6-12/h1-4,14-15H,5-9H2. The van der Waals surface area contributed by atoms with Crippen LogP contribution in [0.5, 0.6) is 5.75 Å². The Labute approximate surface area is 100 Å². The van der Waals surface area contributed by atoms with Gasteiger partial charge in [0.1, 0.15) is 18.0 Å². The van der Waals surface area contributed by atoms with Gasteiger partial charge in [-0.25, -0.2) is 0 Å². The first-order chi connectivity index (χ1) is 7.68. The molecular weight excluding hydrogens is 226 g/mol. The molecule has 0 aliphatic carbocycles. The molecular formula is C12H16ClNO2. The van der Waals surface area contributed by atoms with Gasteiger partial charge in [-0.3, -0.25) is 0 Å². The van der Waals surface area contributed by atoms with Crippen molar-refractivity contribution in [3.8, 4) is 5.75 Å². The Morgan fingerprint density at radius 2 is 1.88 bits per heavy atom. The highest BCUT2D eigenvalue weighted by atomic mass is 35.5. The molecule has 0 spiro atoms. The zero-order chi connectivity index (χ0) is 11.4. The van der Waals surface area contributed by atoms with Crippen LogP contribution in [-0.4, -0.2) is 30.4 Å². The number of rotatable bonds is 3. The maximum atomic E-state index is 10.2. The van der Waals surface area contributed by atoms with Crippen LogP contribution in [-0.2, 0) is 0 Å². The third kappa shape index (κ3) is 3.11. The number of halogens is 1. The molecule has 4 heteroatoms. The van der Waals surface area contributed by atoms with Gasteiger partial charge in [-0.1, -0.05) is 11.6 Å². The van der Waals surface area contributed by atoms with Crippen molar-refractivity contribution in [3.63, 3.8) is 0 Å². The molecule has 1 aliphatic heterocycles. The van der Waals surface area contributed by atoms with E-state index in [9.17, 15) is 5.11 Å². The molecule has 2 rings (SSSR count). The zero-order valence-corrected chi connectivity index (χ0v) is 9.83. The highest BCUT2D eigenvalue weighted by Crippen LogP contribution is 2.21. The summed E-state index contributed by atoms with van der Waals surface area (Å²) in [7, 11) is 0. The van der Waals surface area contributed by atoms with Crippen LogP contribution in [0.4, 0.5) is 0 Å². The van der Waals surface area contributed by atoms with E-state index in [1.807, 2.05) is 12.1 Å². The molecule has 0 unspecified atom stereocenters. The van der Waals surface area contributed by atoms with Gasteiger partial charge in [-0.2, -0.15) is 0 Å². The van der Waals surface area contributed by atoms with Crippen LogP contribution in [0.25, 0.3) is 0 Å². The summed E-state index contributed by atoms with van der Waals surface area (Å²) in [4.78, 5) is 0. The van der Waals surface area contributed by atoms with Crippen LogP contribution >= 0.6 is 11.6 Å². The van der Waals surface area contributed by atoms with Gasteiger partial charge >= 0.3 is 0 Å². The Morgan fingerprint density at radius 3 is 2.50 bits per heavy atom. The lowest BCUT2D eigenvalue weighted by Crippen LogP contribution is -2.45. The number of hydrogen-bond donors (Lipinski definition) is 2. The van der Waals surface area contributed by atoms with E-state index >= 15 is 0 Å². The van der Waals surface area contributed by atoms with Gasteiger partial charge in [0.05, 0.1) is 0 Å². The van der Waals surface area contributed by atoms with Gasteiger partial charge in [-0.05, 0) is 50.2 Å². The number of ether oxygens (including phenoxy) is 1. The fraction of sp³-hybridized carbons (Fsp3) is 0.500. The molecule has 0 atom stereocenters. The maximum absolute atomic E-state index is 10.2. The van der Waals surface area contributed by atoms with Gasteiger partial charge < -0.3 is 15.2 Å². The van der Waals surface area contributed by atoms with Crippen LogP contribution in [0.15, 0.2) is 24.3 Å². The Hall–Kier alpha value is -0.770. The normalized spacial score (nSPS) is 19.4. The minimum Gasteiger partial charge on any atom is -0.491 e. The highest BCUT2D eigenvalue weighted by Gasteiger charge is 2.29. The number of nitrogens with one attached hydrogen (secondary N) is 1. The lowest BCUT2D eigenvalue weighted by molar-refractivity contribution is -0.0286. The van der Waals surface area contributed by atoms with E-state index in [-0.39, 0.29) is 0 Å².